The lowest BCUT2D eigenvalue weighted by atomic mass is 10.0. The van der Waals surface area contributed by atoms with E-state index in [2.05, 4.69) is 27.3 Å². The number of hydrogen-bond acceptors (Lipinski definition) is 4. The van der Waals surface area contributed by atoms with Crippen molar-refractivity contribution in [2.24, 2.45) is 0 Å². The average molecular weight is 349 g/mol. The molecule has 0 aliphatic carbocycles. The summed E-state index contributed by atoms with van der Waals surface area (Å²) < 4.78 is 5.83. The molecule has 27 heavy (non-hydrogen) atoms. The van der Waals surface area contributed by atoms with Gasteiger partial charge in [0.05, 0.1) is 5.69 Å². The van der Waals surface area contributed by atoms with Crippen LogP contribution in [0.2, 0.25) is 0 Å². The van der Waals surface area contributed by atoms with E-state index in [1.807, 2.05) is 79.0 Å². The summed E-state index contributed by atoms with van der Waals surface area (Å²) in [5.41, 5.74) is 3.81. The second-order valence-corrected chi connectivity index (χ2v) is 6.24. The lowest BCUT2D eigenvalue weighted by Gasteiger charge is -2.06. The molecule has 0 aliphatic heterocycles. The number of hydrogen-bond donors (Lipinski definition) is 0. The molecule has 4 nitrogen and oxygen atoms in total. The van der Waals surface area contributed by atoms with Crippen molar-refractivity contribution >= 4 is 10.8 Å². The third kappa shape index (κ3) is 2.87. The molecule has 0 saturated heterocycles. The molecule has 0 amide bonds. The zero-order chi connectivity index (χ0) is 18.1. The zero-order valence-corrected chi connectivity index (χ0v) is 14.4. The Bertz CT molecular complexity index is 1210. The maximum atomic E-state index is 5.83. The van der Waals surface area contributed by atoms with Crippen molar-refractivity contribution in [2.45, 2.75) is 0 Å². The van der Waals surface area contributed by atoms with E-state index in [0.717, 1.165) is 27.8 Å². The van der Waals surface area contributed by atoms with Gasteiger partial charge >= 0.3 is 0 Å². The highest BCUT2D eigenvalue weighted by Crippen LogP contribution is 2.29. The van der Waals surface area contributed by atoms with E-state index in [-0.39, 0.29) is 0 Å². The molecule has 0 atom stereocenters. The third-order valence-corrected chi connectivity index (χ3v) is 4.52. The van der Waals surface area contributed by atoms with E-state index < -0.39 is 0 Å². The summed E-state index contributed by atoms with van der Waals surface area (Å²) in [6, 6.07) is 28.1. The summed E-state index contributed by atoms with van der Waals surface area (Å²) >= 11 is 0. The van der Waals surface area contributed by atoms with Crippen molar-refractivity contribution in [1.29, 1.82) is 0 Å². The van der Waals surface area contributed by atoms with E-state index in [4.69, 9.17) is 4.42 Å². The van der Waals surface area contributed by atoms with Crippen LogP contribution in [-0.2, 0) is 0 Å². The largest absolute Gasteiger partial charge is 0.416 e. The average Bonchev–Trinajstić information content (AvgIpc) is 3.24. The van der Waals surface area contributed by atoms with Gasteiger partial charge in [-0.05, 0) is 35.7 Å². The predicted molar refractivity (Wildman–Crippen MR) is 106 cm³/mol. The van der Waals surface area contributed by atoms with E-state index in [9.17, 15) is 0 Å². The summed E-state index contributed by atoms with van der Waals surface area (Å²) in [6.07, 6.45) is 1.84. The SMILES string of the molecule is c1ccc(-c2nnc(-c3ccc(-c4nccc5ccccc45)cc3)o2)cc1. The van der Waals surface area contributed by atoms with E-state index in [0.29, 0.717) is 11.8 Å². The molecule has 5 rings (SSSR count). The lowest BCUT2D eigenvalue weighted by Crippen LogP contribution is -1.86. The zero-order valence-electron chi connectivity index (χ0n) is 14.4. The molecule has 0 spiro atoms. The van der Waals surface area contributed by atoms with Crippen LogP contribution >= 0.6 is 0 Å². The fourth-order valence-electron chi connectivity index (χ4n) is 3.16. The first kappa shape index (κ1) is 15.5. The normalized spacial score (nSPS) is 11.0. The van der Waals surface area contributed by atoms with E-state index >= 15 is 0 Å². The number of fused-ring (bicyclic) bond motifs is 1. The van der Waals surface area contributed by atoms with E-state index in [1.54, 1.807) is 0 Å². The Balaban J connectivity index is 1.50. The molecule has 2 heterocycles. The molecule has 0 N–H and O–H groups in total. The van der Waals surface area contributed by atoms with Crippen LogP contribution < -0.4 is 0 Å². The van der Waals surface area contributed by atoms with Gasteiger partial charge in [-0.15, -0.1) is 10.2 Å². The second kappa shape index (κ2) is 6.50. The number of benzene rings is 3. The summed E-state index contributed by atoms with van der Waals surface area (Å²) in [5.74, 6) is 1.02. The molecule has 0 radical (unpaired) electrons. The van der Waals surface area contributed by atoms with Crippen molar-refractivity contribution in [3.63, 3.8) is 0 Å². The monoisotopic (exact) mass is 349 g/mol. The van der Waals surface area contributed by atoms with Crippen molar-refractivity contribution < 1.29 is 4.42 Å². The smallest absolute Gasteiger partial charge is 0.248 e. The highest BCUT2D eigenvalue weighted by molar-refractivity contribution is 5.94. The lowest BCUT2D eigenvalue weighted by molar-refractivity contribution is 0.584. The predicted octanol–water partition coefficient (Wildman–Crippen LogP) is 5.62. The van der Waals surface area contributed by atoms with Crippen molar-refractivity contribution in [3.05, 3.63) is 91.1 Å². The Kier molecular flexibility index (Phi) is 3.72. The van der Waals surface area contributed by atoms with Gasteiger partial charge < -0.3 is 4.42 Å². The maximum absolute atomic E-state index is 5.83. The quantitative estimate of drug-likeness (QED) is 0.424. The summed E-state index contributed by atoms with van der Waals surface area (Å²) in [7, 11) is 0. The molecule has 0 unspecified atom stereocenters. The van der Waals surface area contributed by atoms with Crippen LogP contribution in [0.1, 0.15) is 0 Å². The van der Waals surface area contributed by atoms with Gasteiger partial charge in [0, 0.05) is 28.3 Å². The van der Waals surface area contributed by atoms with Crippen molar-refractivity contribution in [3.8, 4) is 34.2 Å². The van der Waals surface area contributed by atoms with Crippen LogP contribution in [0.15, 0.2) is 95.5 Å². The molecule has 0 fully saturated rings. The minimum Gasteiger partial charge on any atom is -0.416 e. The highest BCUT2D eigenvalue weighted by Gasteiger charge is 2.11. The van der Waals surface area contributed by atoms with Crippen LogP contribution in [0.4, 0.5) is 0 Å². The Labute approximate surface area is 156 Å². The van der Waals surface area contributed by atoms with Crippen LogP contribution in [0.25, 0.3) is 44.9 Å². The Morgan fingerprint density at radius 2 is 1.19 bits per heavy atom. The van der Waals surface area contributed by atoms with Gasteiger partial charge in [0.25, 0.3) is 0 Å². The summed E-state index contributed by atoms with van der Waals surface area (Å²) in [4.78, 5) is 4.57. The maximum Gasteiger partial charge on any atom is 0.248 e. The first-order valence-corrected chi connectivity index (χ1v) is 8.72. The van der Waals surface area contributed by atoms with Gasteiger partial charge in [-0.2, -0.15) is 0 Å². The second-order valence-electron chi connectivity index (χ2n) is 6.24. The van der Waals surface area contributed by atoms with Crippen LogP contribution in [0.5, 0.6) is 0 Å². The highest BCUT2D eigenvalue weighted by atomic mass is 16.4. The summed E-state index contributed by atoms with van der Waals surface area (Å²) in [6.45, 7) is 0. The molecule has 0 aliphatic rings. The van der Waals surface area contributed by atoms with Crippen LogP contribution in [-0.4, -0.2) is 15.2 Å². The number of rotatable bonds is 3. The van der Waals surface area contributed by atoms with Gasteiger partial charge in [0.1, 0.15) is 0 Å². The fraction of sp³-hybridized carbons (Fsp3) is 0. The Hall–Kier alpha value is -3.79. The van der Waals surface area contributed by atoms with Gasteiger partial charge in [0.15, 0.2) is 0 Å². The van der Waals surface area contributed by atoms with Crippen LogP contribution in [0.3, 0.4) is 0 Å². The Morgan fingerprint density at radius 1 is 0.556 bits per heavy atom. The molecule has 4 heteroatoms. The van der Waals surface area contributed by atoms with Gasteiger partial charge in [0.2, 0.25) is 11.8 Å². The standard InChI is InChI=1S/C23H15N3O/c1-2-7-18(8-3-1)22-25-26-23(27-22)19-12-10-17(11-13-19)21-20-9-5-4-6-16(20)14-15-24-21/h1-15H. The Morgan fingerprint density at radius 3 is 1.96 bits per heavy atom. The van der Waals surface area contributed by atoms with Crippen molar-refractivity contribution in [1.82, 2.24) is 15.2 Å². The minimum absolute atomic E-state index is 0.506. The molecular weight excluding hydrogens is 334 g/mol. The topological polar surface area (TPSA) is 51.8 Å². The summed E-state index contributed by atoms with van der Waals surface area (Å²) in [5, 5.41) is 10.7. The molecule has 3 aromatic carbocycles. The number of nitrogens with zero attached hydrogens (tertiary/aromatic N) is 3. The molecule has 2 aromatic heterocycles. The molecule has 0 bridgehead atoms. The number of pyridine rings is 1. The van der Waals surface area contributed by atoms with Gasteiger partial charge in [-0.1, -0.05) is 54.6 Å². The third-order valence-electron chi connectivity index (χ3n) is 4.52. The number of aromatic nitrogens is 3. The van der Waals surface area contributed by atoms with Crippen molar-refractivity contribution in [2.75, 3.05) is 0 Å². The molecule has 5 aromatic rings. The fourth-order valence-corrected chi connectivity index (χ4v) is 3.16. The molecule has 0 saturated carbocycles. The van der Waals surface area contributed by atoms with Crippen LogP contribution in [0, 0.1) is 0 Å². The van der Waals surface area contributed by atoms with Gasteiger partial charge in [-0.25, -0.2) is 0 Å². The minimum atomic E-state index is 0.506. The first-order valence-electron chi connectivity index (χ1n) is 8.72. The first-order chi connectivity index (χ1) is 13.4. The van der Waals surface area contributed by atoms with Gasteiger partial charge in [-0.3, -0.25) is 4.98 Å². The molecular formula is C23H15N3O. The molecule has 128 valence electrons. The van der Waals surface area contributed by atoms with E-state index in [1.165, 1.54) is 5.39 Å².